The van der Waals surface area contributed by atoms with Crippen LogP contribution in [0.1, 0.15) is 6.42 Å². The van der Waals surface area contributed by atoms with E-state index in [0.29, 0.717) is 16.8 Å². The summed E-state index contributed by atoms with van der Waals surface area (Å²) in [6.45, 7) is 0. The maximum absolute atomic E-state index is 10.9. The number of hydrogen-bond acceptors (Lipinski definition) is 4. The van der Waals surface area contributed by atoms with E-state index in [1.807, 2.05) is 0 Å². The molecule has 1 aromatic heterocycles. The van der Waals surface area contributed by atoms with Gasteiger partial charge < -0.3 is 0 Å². The normalized spacial score (nSPS) is 10.7. The van der Waals surface area contributed by atoms with Gasteiger partial charge in [-0.1, -0.05) is 0 Å². The van der Waals surface area contributed by atoms with Gasteiger partial charge in [0.15, 0.2) is 0 Å². The highest BCUT2D eigenvalue weighted by Gasteiger charge is 2.14. The van der Waals surface area contributed by atoms with Crippen LogP contribution in [-0.4, -0.2) is 21.5 Å². The lowest BCUT2D eigenvalue weighted by atomic mass is 10.2. The van der Waals surface area contributed by atoms with Gasteiger partial charge in [0.1, 0.15) is 0 Å². The van der Waals surface area contributed by atoms with E-state index in [2.05, 4.69) is 4.98 Å². The first kappa shape index (κ1) is 13.1. The average molecular weight is 283 g/mol. The fourth-order valence-corrected chi connectivity index (χ4v) is 2.91. The third-order valence-corrected chi connectivity index (χ3v) is 3.84. The predicted octanol–water partition coefficient (Wildman–Crippen LogP) is 3.86. The molecule has 6 heteroatoms. The number of halogens is 1. The van der Waals surface area contributed by atoms with Crippen LogP contribution in [0.4, 0.5) is 5.69 Å². The van der Waals surface area contributed by atoms with Gasteiger partial charge >= 0.3 is 0 Å². The Morgan fingerprint density at radius 3 is 2.94 bits per heavy atom. The molecule has 94 valence electrons. The number of aromatic nitrogens is 1. The topological polar surface area (TPSA) is 56.0 Å². The molecule has 0 saturated carbocycles. The van der Waals surface area contributed by atoms with Crippen LogP contribution in [0.2, 0.25) is 0 Å². The van der Waals surface area contributed by atoms with Gasteiger partial charge in [0.05, 0.1) is 15.8 Å². The van der Waals surface area contributed by atoms with E-state index in [1.165, 1.54) is 6.07 Å². The van der Waals surface area contributed by atoms with E-state index in [-0.39, 0.29) is 10.6 Å². The lowest BCUT2D eigenvalue weighted by Gasteiger charge is -2.05. The summed E-state index contributed by atoms with van der Waals surface area (Å²) in [5.74, 6) is 1.50. The van der Waals surface area contributed by atoms with E-state index in [4.69, 9.17) is 11.6 Å². The second kappa shape index (κ2) is 6.02. The van der Waals surface area contributed by atoms with Crippen LogP contribution >= 0.6 is 23.4 Å². The van der Waals surface area contributed by atoms with E-state index in [0.717, 1.165) is 17.1 Å². The molecule has 1 aromatic carbocycles. The molecule has 0 unspecified atom stereocenters. The number of fused-ring (bicyclic) bond motifs is 1. The Kier molecular flexibility index (Phi) is 4.38. The van der Waals surface area contributed by atoms with Crippen molar-refractivity contribution >= 4 is 40.0 Å². The molecule has 0 spiro atoms. The minimum atomic E-state index is -0.378. The van der Waals surface area contributed by atoms with E-state index in [1.54, 1.807) is 36.2 Å². The number of rotatable bonds is 5. The minimum absolute atomic E-state index is 0.0970. The monoisotopic (exact) mass is 282 g/mol. The van der Waals surface area contributed by atoms with Crippen LogP contribution in [0.25, 0.3) is 10.9 Å². The molecule has 1 heterocycles. The average Bonchev–Trinajstić information content (AvgIpc) is 2.38. The highest BCUT2D eigenvalue weighted by atomic mass is 35.5. The summed E-state index contributed by atoms with van der Waals surface area (Å²) in [6.07, 6.45) is 2.55. The third kappa shape index (κ3) is 2.73. The highest BCUT2D eigenvalue weighted by molar-refractivity contribution is 7.99. The smallest absolute Gasteiger partial charge is 0.258 e. The first-order chi connectivity index (χ1) is 8.74. The summed E-state index contributed by atoms with van der Waals surface area (Å²) in [6, 6.07) is 6.73. The van der Waals surface area contributed by atoms with Crippen LogP contribution < -0.4 is 0 Å². The molecule has 2 rings (SSSR count). The third-order valence-electron chi connectivity index (χ3n) is 2.44. The molecule has 0 fully saturated rings. The lowest BCUT2D eigenvalue weighted by Crippen LogP contribution is -1.92. The highest BCUT2D eigenvalue weighted by Crippen LogP contribution is 2.32. The Bertz CT molecular complexity index is 577. The maximum atomic E-state index is 10.9. The summed E-state index contributed by atoms with van der Waals surface area (Å²) in [7, 11) is 0. The number of non-ortho nitro benzene ring substituents is 1. The minimum Gasteiger partial charge on any atom is -0.258 e. The van der Waals surface area contributed by atoms with E-state index < -0.39 is 0 Å². The van der Waals surface area contributed by atoms with Crippen LogP contribution in [0.5, 0.6) is 0 Å². The number of pyridine rings is 1. The van der Waals surface area contributed by atoms with Gasteiger partial charge in [-0.15, -0.1) is 23.4 Å². The molecular formula is C12H11ClN2O2S. The second-order valence-electron chi connectivity index (χ2n) is 3.63. The van der Waals surface area contributed by atoms with Crippen molar-refractivity contribution in [2.75, 3.05) is 11.6 Å². The van der Waals surface area contributed by atoms with Crippen molar-refractivity contribution in [3.63, 3.8) is 0 Å². The van der Waals surface area contributed by atoms with Crippen molar-refractivity contribution in [2.24, 2.45) is 0 Å². The molecule has 0 saturated heterocycles. The second-order valence-corrected chi connectivity index (χ2v) is 5.15. The van der Waals surface area contributed by atoms with Gasteiger partial charge in [0, 0.05) is 23.0 Å². The Morgan fingerprint density at radius 2 is 2.22 bits per heavy atom. The van der Waals surface area contributed by atoms with Crippen LogP contribution in [-0.2, 0) is 0 Å². The summed E-state index contributed by atoms with van der Waals surface area (Å²) in [5, 5.41) is 11.5. The van der Waals surface area contributed by atoms with Gasteiger partial charge in [-0.3, -0.25) is 15.1 Å². The van der Waals surface area contributed by atoms with E-state index >= 15 is 0 Å². The maximum Gasteiger partial charge on any atom is 0.278 e. The zero-order chi connectivity index (χ0) is 13.0. The summed E-state index contributed by atoms with van der Waals surface area (Å²) < 4.78 is 0. The standard InChI is InChI=1S/C12H11ClN2O2S/c13-6-2-8-18-11-5-4-10(15(16)17)9-3-1-7-14-12(9)11/h1,3-5,7H,2,6,8H2. The van der Waals surface area contributed by atoms with E-state index in [9.17, 15) is 10.1 Å². The number of alkyl halides is 1. The molecule has 0 aliphatic carbocycles. The molecule has 4 nitrogen and oxygen atoms in total. The Hall–Kier alpha value is -1.33. The fourth-order valence-electron chi connectivity index (χ4n) is 1.64. The fraction of sp³-hybridized carbons (Fsp3) is 0.250. The molecule has 0 aliphatic heterocycles. The predicted molar refractivity (Wildman–Crippen MR) is 74.5 cm³/mol. The first-order valence-corrected chi connectivity index (χ1v) is 6.97. The number of benzene rings is 1. The summed E-state index contributed by atoms with van der Waals surface area (Å²) in [4.78, 5) is 15.8. The molecule has 0 bridgehead atoms. The molecule has 0 aliphatic rings. The van der Waals surface area contributed by atoms with Crippen molar-refractivity contribution in [3.05, 3.63) is 40.6 Å². The number of hydrogen-bond donors (Lipinski definition) is 0. The molecule has 0 amide bonds. The first-order valence-electron chi connectivity index (χ1n) is 5.45. The number of thioether (sulfide) groups is 1. The van der Waals surface area contributed by atoms with Crippen LogP contribution in [0.3, 0.4) is 0 Å². The van der Waals surface area contributed by atoms with Gasteiger partial charge in [0.2, 0.25) is 0 Å². The zero-order valence-electron chi connectivity index (χ0n) is 9.51. The summed E-state index contributed by atoms with van der Waals surface area (Å²) >= 11 is 7.26. The Morgan fingerprint density at radius 1 is 1.39 bits per heavy atom. The molecule has 0 atom stereocenters. The van der Waals surface area contributed by atoms with Crippen molar-refractivity contribution in [3.8, 4) is 0 Å². The van der Waals surface area contributed by atoms with Crippen molar-refractivity contribution in [2.45, 2.75) is 11.3 Å². The number of nitrogens with zero attached hydrogens (tertiary/aromatic N) is 2. The van der Waals surface area contributed by atoms with Gasteiger partial charge in [-0.25, -0.2) is 0 Å². The largest absolute Gasteiger partial charge is 0.278 e. The summed E-state index contributed by atoms with van der Waals surface area (Å²) in [5.41, 5.74) is 0.783. The molecule has 2 aromatic rings. The number of nitro benzene ring substituents is 1. The molecular weight excluding hydrogens is 272 g/mol. The van der Waals surface area contributed by atoms with Crippen molar-refractivity contribution < 1.29 is 4.92 Å². The van der Waals surface area contributed by atoms with Gasteiger partial charge in [-0.2, -0.15) is 0 Å². The number of nitro groups is 1. The van der Waals surface area contributed by atoms with Gasteiger partial charge in [-0.05, 0) is 30.4 Å². The SMILES string of the molecule is O=[N+]([O-])c1ccc(SCCCCl)c2ncccc12. The Balaban J connectivity index is 2.44. The Labute approximate surface area is 114 Å². The van der Waals surface area contributed by atoms with Crippen molar-refractivity contribution in [1.82, 2.24) is 4.98 Å². The van der Waals surface area contributed by atoms with Crippen molar-refractivity contribution in [1.29, 1.82) is 0 Å². The molecule has 0 N–H and O–H groups in total. The molecule has 18 heavy (non-hydrogen) atoms. The lowest BCUT2D eigenvalue weighted by molar-refractivity contribution is -0.383. The quantitative estimate of drug-likeness (QED) is 0.275. The van der Waals surface area contributed by atoms with Crippen LogP contribution in [0.15, 0.2) is 35.4 Å². The zero-order valence-corrected chi connectivity index (χ0v) is 11.1. The molecule has 0 radical (unpaired) electrons. The van der Waals surface area contributed by atoms with Gasteiger partial charge in [0.25, 0.3) is 5.69 Å². The van der Waals surface area contributed by atoms with Crippen LogP contribution in [0, 0.1) is 10.1 Å².